The third kappa shape index (κ3) is 3.88. The van der Waals surface area contributed by atoms with Crippen molar-refractivity contribution in [3.63, 3.8) is 0 Å². The SMILES string of the molecule is CCSCCNc1ccc(F)c(Br)c1. The molecule has 0 spiro atoms. The van der Waals surface area contributed by atoms with Crippen LogP contribution in [0.2, 0.25) is 0 Å². The molecule has 78 valence electrons. The topological polar surface area (TPSA) is 12.0 Å². The largest absolute Gasteiger partial charge is 0.384 e. The first kappa shape index (κ1) is 11.9. The molecule has 0 atom stereocenters. The van der Waals surface area contributed by atoms with Crippen LogP contribution in [-0.2, 0) is 0 Å². The van der Waals surface area contributed by atoms with Crippen LogP contribution in [0.3, 0.4) is 0 Å². The van der Waals surface area contributed by atoms with Crippen molar-refractivity contribution in [3.8, 4) is 0 Å². The fourth-order valence-corrected chi connectivity index (χ4v) is 1.93. The minimum atomic E-state index is -0.224. The van der Waals surface area contributed by atoms with Crippen LogP contribution in [0.4, 0.5) is 10.1 Å². The second-order valence-corrected chi connectivity index (χ2v) is 5.00. The molecule has 1 nitrogen and oxygen atoms in total. The van der Waals surface area contributed by atoms with E-state index in [-0.39, 0.29) is 5.82 Å². The number of thioether (sulfide) groups is 1. The maximum atomic E-state index is 12.9. The molecule has 0 aliphatic rings. The van der Waals surface area contributed by atoms with Crippen molar-refractivity contribution in [1.29, 1.82) is 0 Å². The number of hydrogen-bond donors (Lipinski definition) is 1. The first-order valence-corrected chi connectivity index (χ1v) is 6.45. The maximum absolute atomic E-state index is 12.9. The summed E-state index contributed by atoms with van der Waals surface area (Å²) in [5.74, 6) is 1.98. The van der Waals surface area contributed by atoms with E-state index in [0.717, 1.165) is 23.7 Å². The van der Waals surface area contributed by atoms with Gasteiger partial charge in [0.15, 0.2) is 0 Å². The molecule has 0 bridgehead atoms. The Hall–Kier alpha value is -0.220. The zero-order chi connectivity index (χ0) is 10.4. The molecule has 1 rings (SSSR count). The molecule has 0 amide bonds. The molecule has 0 unspecified atom stereocenters. The minimum absolute atomic E-state index is 0.224. The van der Waals surface area contributed by atoms with E-state index in [1.165, 1.54) is 6.07 Å². The molecule has 0 aliphatic heterocycles. The van der Waals surface area contributed by atoms with Crippen LogP contribution in [-0.4, -0.2) is 18.1 Å². The molecule has 4 heteroatoms. The van der Waals surface area contributed by atoms with Gasteiger partial charge in [0.05, 0.1) is 4.47 Å². The van der Waals surface area contributed by atoms with E-state index in [1.807, 2.05) is 11.8 Å². The van der Waals surface area contributed by atoms with Gasteiger partial charge in [0, 0.05) is 18.0 Å². The number of nitrogens with one attached hydrogen (secondary N) is 1. The van der Waals surface area contributed by atoms with Gasteiger partial charge in [-0.15, -0.1) is 0 Å². The molecule has 0 saturated carbocycles. The molecule has 1 N–H and O–H groups in total. The Balaban J connectivity index is 2.39. The molecule has 0 radical (unpaired) electrons. The molecule has 1 aromatic carbocycles. The van der Waals surface area contributed by atoms with Gasteiger partial charge in [-0.25, -0.2) is 4.39 Å². The van der Waals surface area contributed by atoms with E-state index < -0.39 is 0 Å². The maximum Gasteiger partial charge on any atom is 0.137 e. The summed E-state index contributed by atoms with van der Waals surface area (Å²) in [6.45, 7) is 3.05. The second kappa shape index (κ2) is 6.30. The van der Waals surface area contributed by atoms with Gasteiger partial charge in [-0.3, -0.25) is 0 Å². The summed E-state index contributed by atoms with van der Waals surface area (Å²) < 4.78 is 13.4. The van der Waals surface area contributed by atoms with Crippen molar-refractivity contribution in [2.75, 3.05) is 23.4 Å². The lowest BCUT2D eigenvalue weighted by atomic mass is 10.3. The highest BCUT2D eigenvalue weighted by Crippen LogP contribution is 2.19. The Morgan fingerprint density at radius 2 is 2.29 bits per heavy atom. The van der Waals surface area contributed by atoms with Crippen LogP contribution in [0.5, 0.6) is 0 Å². The van der Waals surface area contributed by atoms with Crippen LogP contribution in [0.1, 0.15) is 6.92 Å². The van der Waals surface area contributed by atoms with Gasteiger partial charge >= 0.3 is 0 Å². The second-order valence-electron chi connectivity index (χ2n) is 2.75. The molecule has 14 heavy (non-hydrogen) atoms. The number of hydrogen-bond acceptors (Lipinski definition) is 2. The lowest BCUT2D eigenvalue weighted by molar-refractivity contribution is 0.621. The van der Waals surface area contributed by atoms with Crippen LogP contribution < -0.4 is 5.32 Å². The van der Waals surface area contributed by atoms with Crippen molar-refractivity contribution in [3.05, 3.63) is 28.5 Å². The monoisotopic (exact) mass is 277 g/mol. The molecule has 0 aromatic heterocycles. The summed E-state index contributed by atoms with van der Waals surface area (Å²) >= 11 is 5.03. The predicted octanol–water partition coefficient (Wildman–Crippen LogP) is 3.75. The first-order valence-electron chi connectivity index (χ1n) is 4.50. The smallest absolute Gasteiger partial charge is 0.137 e. The molecule has 1 aromatic rings. The standard InChI is InChI=1S/C10H13BrFNS/c1-2-14-6-5-13-8-3-4-10(12)9(11)7-8/h3-4,7,13H,2,5-6H2,1H3. The molecular weight excluding hydrogens is 265 g/mol. The number of benzene rings is 1. The summed E-state index contributed by atoms with van der Waals surface area (Å²) in [5, 5.41) is 3.23. The van der Waals surface area contributed by atoms with Crippen LogP contribution in [0.15, 0.2) is 22.7 Å². The van der Waals surface area contributed by atoms with Crippen molar-refractivity contribution in [2.24, 2.45) is 0 Å². The van der Waals surface area contributed by atoms with E-state index >= 15 is 0 Å². The number of halogens is 2. The highest BCUT2D eigenvalue weighted by Gasteiger charge is 1.99. The van der Waals surface area contributed by atoms with Crippen molar-refractivity contribution in [2.45, 2.75) is 6.92 Å². The van der Waals surface area contributed by atoms with E-state index in [4.69, 9.17) is 0 Å². The lowest BCUT2D eigenvalue weighted by Gasteiger charge is -2.06. The lowest BCUT2D eigenvalue weighted by Crippen LogP contribution is -2.04. The Labute approximate surface area is 96.6 Å². The summed E-state index contributed by atoms with van der Waals surface area (Å²) in [7, 11) is 0. The normalized spacial score (nSPS) is 10.2. The predicted molar refractivity (Wildman–Crippen MR) is 65.6 cm³/mol. The van der Waals surface area contributed by atoms with E-state index in [9.17, 15) is 4.39 Å². The van der Waals surface area contributed by atoms with E-state index in [0.29, 0.717) is 4.47 Å². The molecule has 0 heterocycles. The van der Waals surface area contributed by atoms with E-state index in [2.05, 4.69) is 28.2 Å². The molecule has 0 fully saturated rings. The molecular formula is C10H13BrFNS. The van der Waals surface area contributed by atoms with Gasteiger partial charge in [0.1, 0.15) is 5.82 Å². The van der Waals surface area contributed by atoms with E-state index in [1.54, 1.807) is 12.1 Å². The van der Waals surface area contributed by atoms with Gasteiger partial charge in [-0.05, 0) is 39.9 Å². The third-order valence-corrected chi connectivity index (χ3v) is 3.21. The summed E-state index contributed by atoms with van der Waals surface area (Å²) in [6, 6.07) is 4.96. The third-order valence-electron chi connectivity index (χ3n) is 1.70. The highest BCUT2D eigenvalue weighted by molar-refractivity contribution is 9.10. The minimum Gasteiger partial charge on any atom is -0.384 e. The van der Waals surface area contributed by atoms with Gasteiger partial charge in [-0.2, -0.15) is 11.8 Å². The van der Waals surface area contributed by atoms with Gasteiger partial charge in [0.2, 0.25) is 0 Å². The first-order chi connectivity index (χ1) is 6.74. The molecule has 0 saturated heterocycles. The molecule has 0 aliphatic carbocycles. The summed E-state index contributed by atoms with van der Waals surface area (Å²) in [6.07, 6.45) is 0. The summed E-state index contributed by atoms with van der Waals surface area (Å²) in [5.41, 5.74) is 0.954. The Morgan fingerprint density at radius 1 is 1.50 bits per heavy atom. The zero-order valence-electron chi connectivity index (χ0n) is 8.02. The van der Waals surface area contributed by atoms with Crippen molar-refractivity contribution >= 4 is 33.4 Å². The van der Waals surface area contributed by atoms with Crippen LogP contribution in [0, 0.1) is 5.82 Å². The Morgan fingerprint density at radius 3 is 2.93 bits per heavy atom. The van der Waals surface area contributed by atoms with Crippen LogP contribution >= 0.6 is 27.7 Å². The average Bonchev–Trinajstić information content (AvgIpc) is 2.18. The fourth-order valence-electron chi connectivity index (χ4n) is 1.02. The van der Waals surface area contributed by atoms with Crippen LogP contribution in [0.25, 0.3) is 0 Å². The van der Waals surface area contributed by atoms with Crippen molar-refractivity contribution in [1.82, 2.24) is 0 Å². The fraction of sp³-hybridized carbons (Fsp3) is 0.400. The highest BCUT2D eigenvalue weighted by atomic mass is 79.9. The number of rotatable bonds is 5. The summed E-state index contributed by atoms with van der Waals surface area (Å²) in [4.78, 5) is 0. The van der Waals surface area contributed by atoms with Gasteiger partial charge in [0.25, 0.3) is 0 Å². The quantitative estimate of drug-likeness (QED) is 0.823. The van der Waals surface area contributed by atoms with Crippen molar-refractivity contribution < 1.29 is 4.39 Å². The Kier molecular flexibility index (Phi) is 5.33. The average molecular weight is 278 g/mol. The van der Waals surface area contributed by atoms with Gasteiger partial charge < -0.3 is 5.32 Å². The number of anilines is 1. The zero-order valence-corrected chi connectivity index (χ0v) is 10.4. The Bertz CT molecular complexity index is 293. The van der Waals surface area contributed by atoms with Gasteiger partial charge in [-0.1, -0.05) is 6.92 Å².